The number of benzene rings is 4. The topological polar surface area (TPSA) is 184 Å². The van der Waals surface area contributed by atoms with E-state index in [0.717, 1.165) is 67.7 Å². The van der Waals surface area contributed by atoms with Crippen LogP contribution in [0.3, 0.4) is 0 Å². The number of hydrogen-bond donors (Lipinski definition) is 4. The van der Waals surface area contributed by atoms with Crippen LogP contribution in [0.15, 0.2) is 73.1 Å². The average molecular weight is 867 g/mol. The standard InChI is InChI=1S/C49H54N8O7/c1-6-7-20-56(46(58)44(55-49(61)63-5)30-18-22-64-23-19-30)28-42-50-26-39(52-42)31-14-16-35-36-17-15-32(25-38(36)34-12-9-8-11-33(34)37(35)24-31)40-27-51-45(53-40)41-13-10-21-57(41)47(59)43(29(2)3)54-48(60)62-4/h1,8-9,11-12,14-17,24-27,29-30,41,43-44H,7,10,13,18-23,28H2,2-5H3,(H,50,52)(H,51,53)(H,54,60)(H,55,61)/t41-,43-,44-/m0/s1. The monoisotopic (exact) mass is 866 g/mol. The first-order chi connectivity index (χ1) is 31.1. The van der Waals surface area contributed by atoms with E-state index in [1.807, 2.05) is 37.1 Å². The van der Waals surface area contributed by atoms with Gasteiger partial charge in [0.2, 0.25) is 11.8 Å². The van der Waals surface area contributed by atoms with Crippen molar-refractivity contribution < 1.29 is 33.4 Å². The van der Waals surface area contributed by atoms with E-state index in [1.165, 1.54) is 14.2 Å². The maximum atomic E-state index is 14.1. The number of imidazole rings is 2. The Bertz CT molecular complexity index is 2710. The lowest BCUT2D eigenvalue weighted by atomic mass is 9.90. The number of terminal acetylenes is 1. The van der Waals surface area contributed by atoms with Gasteiger partial charge in [-0.25, -0.2) is 19.6 Å². The molecular weight excluding hydrogens is 813 g/mol. The number of carbonyl (C=O) groups excluding carboxylic acids is 4. The molecule has 0 aliphatic carbocycles. The number of alkyl carbamates (subject to hydrolysis) is 2. The molecule has 0 radical (unpaired) electrons. The maximum Gasteiger partial charge on any atom is 0.407 e. The van der Waals surface area contributed by atoms with E-state index < -0.39 is 24.3 Å². The van der Waals surface area contributed by atoms with Crippen LogP contribution < -0.4 is 10.6 Å². The molecular formula is C49H54N8O7. The van der Waals surface area contributed by atoms with Crippen molar-refractivity contribution >= 4 is 56.3 Å². The minimum atomic E-state index is -0.790. The normalized spacial score (nSPS) is 16.4. The summed E-state index contributed by atoms with van der Waals surface area (Å²) in [5, 5.41) is 12.1. The summed E-state index contributed by atoms with van der Waals surface area (Å²) in [4.78, 5) is 72.2. The van der Waals surface area contributed by atoms with Crippen LogP contribution in [0.2, 0.25) is 0 Å². The summed E-state index contributed by atoms with van der Waals surface area (Å²) in [6.07, 6.45) is 11.1. The molecule has 4 amide bonds. The summed E-state index contributed by atoms with van der Waals surface area (Å²) in [6.45, 7) is 5.87. The second-order valence-corrected chi connectivity index (χ2v) is 16.8. The van der Waals surface area contributed by atoms with Crippen molar-refractivity contribution in [2.75, 3.05) is 40.5 Å². The number of methoxy groups -OCH3 is 2. The van der Waals surface area contributed by atoms with E-state index in [2.05, 4.69) is 80.0 Å². The number of aromatic amines is 2. The SMILES string of the molecule is C#CCCN(Cc1ncc(-c2ccc3c4ccc(-c5cnc([C@@H]6CCCN6C(=O)[C@@H](NC(=O)OC)C(C)C)[nH]5)cc4c4ccccc4c3c2)[nH]1)C(=O)[C@@H](NC(=O)OC)C1CCOCC1. The molecule has 2 saturated heterocycles. The second-order valence-electron chi connectivity index (χ2n) is 16.8. The van der Waals surface area contributed by atoms with Crippen LogP contribution in [0.1, 0.15) is 63.6 Å². The Labute approximate surface area is 371 Å². The number of carbonyl (C=O) groups is 4. The zero-order valence-electron chi connectivity index (χ0n) is 36.6. The van der Waals surface area contributed by atoms with E-state index >= 15 is 0 Å². The van der Waals surface area contributed by atoms with Crippen molar-refractivity contribution in [3.05, 3.63) is 84.7 Å². The quantitative estimate of drug-likeness (QED) is 0.0676. The molecule has 64 heavy (non-hydrogen) atoms. The number of ether oxygens (including phenoxy) is 3. The fourth-order valence-electron chi connectivity index (χ4n) is 9.19. The summed E-state index contributed by atoms with van der Waals surface area (Å²) in [5.74, 6) is 3.30. The summed E-state index contributed by atoms with van der Waals surface area (Å²) in [6, 6.07) is 19.4. The van der Waals surface area contributed by atoms with Gasteiger partial charge in [-0.05, 0) is 82.0 Å². The van der Waals surface area contributed by atoms with Crippen LogP contribution in [0.4, 0.5) is 9.59 Å². The number of hydrogen-bond acceptors (Lipinski definition) is 9. The van der Waals surface area contributed by atoms with Crippen molar-refractivity contribution in [3.63, 3.8) is 0 Å². The summed E-state index contributed by atoms with van der Waals surface area (Å²) >= 11 is 0. The molecule has 15 nitrogen and oxygen atoms in total. The molecule has 0 unspecified atom stereocenters. The Morgan fingerprint density at radius 2 is 1.45 bits per heavy atom. The van der Waals surface area contributed by atoms with Crippen molar-refractivity contribution in [1.29, 1.82) is 0 Å². The molecule has 4 N–H and O–H groups in total. The highest BCUT2D eigenvalue weighted by atomic mass is 16.5. The molecule has 0 bridgehead atoms. The minimum Gasteiger partial charge on any atom is -0.453 e. The lowest BCUT2D eigenvalue weighted by Gasteiger charge is -2.33. The number of nitrogens with zero attached hydrogens (tertiary/aromatic N) is 4. The minimum absolute atomic E-state index is 0.108. The number of fused-ring (bicyclic) bond motifs is 6. The Kier molecular flexibility index (Phi) is 13.1. The summed E-state index contributed by atoms with van der Waals surface area (Å²) < 4.78 is 15.2. The van der Waals surface area contributed by atoms with Gasteiger partial charge in [0.05, 0.1) is 50.6 Å². The van der Waals surface area contributed by atoms with E-state index in [1.54, 1.807) is 11.1 Å². The van der Waals surface area contributed by atoms with Gasteiger partial charge in [0, 0.05) is 43.9 Å². The van der Waals surface area contributed by atoms with Crippen molar-refractivity contribution in [2.24, 2.45) is 11.8 Å². The predicted molar refractivity (Wildman–Crippen MR) is 244 cm³/mol. The molecule has 4 aromatic carbocycles. The molecule has 6 aromatic rings. The third kappa shape index (κ3) is 8.96. The number of amides is 4. The highest BCUT2D eigenvalue weighted by Crippen LogP contribution is 2.39. The molecule has 2 aliphatic heterocycles. The predicted octanol–water partition coefficient (Wildman–Crippen LogP) is 7.47. The molecule has 2 fully saturated rings. The Morgan fingerprint density at radius 1 is 0.844 bits per heavy atom. The van der Waals surface area contributed by atoms with Crippen molar-refractivity contribution in [3.8, 4) is 34.9 Å². The number of nitrogens with one attached hydrogen (secondary N) is 4. The molecule has 332 valence electrons. The van der Waals surface area contributed by atoms with Crippen LogP contribution in [-0.2, 0) is 30.3 Å². The van der Waals surface area contributed by atoms with Gasteiger partial charge in [-0.1, -0.05) is 62.4 Å². The van der Waals surface area contributed by atoms with E-state index in [9.17, 15) is 19.2 Å². The van der Waals surface area contributed by atoms with Crippen LogP contribution >= 0.6 is 0 Å². The molecule has 4 heterocycles. The highest BCUT2D eigenvalue weighted by molar-refractivity contribution is 6.26. The molecule has 0 spiro atoms. The smallest absolute Gasteiger partial charge is 0.407 e. The van der Waals surface area contributed by atoms with Gasteiger partial charge < -0.3 is 44.6 Å². The third-order valence-corrected chi connectivity index (χ3v) is 12.6. The van der Waals surface area contributed by atoms with Gasteiger partial charge >= 0.3 is 12.2 Å². The number of rotatable bonds is 13. The van der Waals surface area contributed by atoms with E-state index in [-0.39, 0.29) is 36.2 Å². The van der Waals surface area contributed by atoms with Gasteiger partial charge in [-0.15, -0.1) is 12.3 Å². The third-order valence-electron chi connectivity index (χ3n) is 12.6. The number of H-pyrrole nitrogens is 2. The van der Waals surface area contributed by atoms with Crippen LogP contribution in [-0.4, -0.2) is 106 Å². The summed E-state index contributed by atoms with van der Waals surface area (Å²) in [7, 11) is 2.57. The van der Waals surface area contributed by atoms with E-state index in [4.69, 9.17) is 25.6 Å². The molecule has 2 aromatic heterocycles. The molecule has 8 rings (SSSR count). The first kappa shape index (κ1) is 43.7. The lowest BCUT2D eigenvalue weighted by Crippen LogP contribution is -2.53. The zero-order chi connectivity index (χ0) is 44.9. The molecule has 3 atom stereocenters. The largest absolute Gasteiger partial charge is 0.453 e. The van der Waals surface area contributed by atoms with Crippen LogP contribution in [0.5, 0.6) is 0 Å². The van der Waals surface area contributed by atoms with Gasteiger partial charge in [0.15, 0.2) is 0 Å². The van der Waals surface area contributed by atoms with Gasteiger partial charge in [-0.2, -0.15) is 0 Å². The fraction of sp³-hybridized carbons (Fsp3) is 0.388. The number of likely N-dealkylation sites (tertiary alicyclic amines) is 1. The summed E-state index contributed by atoms with van der Waals surface area (Å²) in [5.41, 5.74) is 3.55. The van der Waals surface area contributed by atoms with Gasteiger partial charge in [0.1, 0.15) is 23.7 Å². The zero-order valence-corrected chi connectivity index (χ0v) is 36.6. The molecule has 2 aliphatic rings. The van der Waals surface area contributed by atoms with Gasteiger partial charge in [0.25, 0.3) is 0 Å². The first-order valence-corrected chi connectivity index (χ1v) is 21.9. The fourth-order valence-corrected chi connectivity index (χ4v) is 9.19. The van der Waals surface area contributed by atoms with E-state index in [0.29, 0.717) is 57.2 Å². The maximum absolute atomic E-state index is 14.1. The second kappa shape index (κ2) is 19.2. The highest BCUT2D eigenvalue weighted by Gasteiger charge is 2.38. The average Bonchev–Trinajstić information content (AvgIpc) is 4.13. The van der Waals surface area contributed by atoms with Crippen LogP contribution in [0.25, 0.3) is 54.8 Å². The van der Waals surface area contributed by atoms with Crippen molar-refractivity contribution in [2.45, 2.75) is 70.6 Å². The molecule has 15 heteroatoms. The van der Waals surface area contributed by atoms with Crippen molar-refractivity contribution in [1.82, 2.24) is 40.4 Å². The first-order valence-electron chi connectivity index (χ1n) is 21.9. The Balaban J connectivity index is 1.06. The number of aromatic nitrogens is 4. The van der Waals surface area contributed by atoms with Crippen LogP contribution in [0, 0.1) is 24.2 Å². The Morgan fingerprint density at radius 3 is 2.08 bits per heavy atom. The molecule has 0 saturated carbocycles. The van der Waals surface area contributed by atoms with Gasteiger partial charge in [-0.3, -0.25) is 9.59 Å². The lowest BCUT2D eigenvalue weighted by molar-refractivity contribution is -0.136. The Hall–Kier alpha value is -6.92.